The number of para-hydroxylation sites is 1. The van der Waals surface area contributed by atoms with Crippen molar-refractivity contribution in [2.75, 3.05) is 26.8 Å². The van der Waals surface area contributed by atoms with E-state index in [0.29, 0.717) is 43.0 Å². The average Bonchev–Trinajstić information content (AvgIpc) is 2.69. The molecular weight excluding hydrogens is 356 g/mol. The summed E-state index contributed by atoms with van der Waals surface area (Å²) in [4.78, 5) is 31.9. The average molecular weight is 389 g/mol. The second kappa shape index (κ2) is 10.9. The molecule has 1 amide bonds. The van der Waals surface area contributed by atoms with Crippen molar-refractivity contribution in [1.82, 2.24) is 14.5 Å². The number of hydrogen-bond donors (Lipinski definition) is 1. The summed E-state index contributed by atoms with van der Waals surface area (Å²) in [6, 6.07) is 7.00. The van der Waals surface area contributed by atoms with E-state index in [4.69, 9.17) is 15.5 Å². The van der Waals surface area contributed by atoms with E-state index in [0.717, 1.165) is 25.7 Å². The number of ether oxygens (including phenoxy) is 1. The number of methoxy groups -OCH3 is 1. The summed E-state index contributed by atoms with van der Waals surface area (Å²) in [5.41, 5.74) is 6.09. The van der Waals surface area contributed by atoms with Crippen LogP contribution in [-0.2, 0) is 16.1 Å². The van der Waals surface area contributed by atoms with E-state index in [2.05, 4.69) is 0 Å². The maximum absolute atomic E-state index is 13.0. The molecule has 0 spiro atoms. The van der Waals surface area contributed by atoms with E-state index < -0.39 is 0 Å². The lowest BCUT2D eigenvalue weighted by molar-refractivity contribution is -0.131. The highest BCUT2D eigenvalue weighted by Gasteiger charge is 2.23. The van der Waals surface area contributed by atoms with Crippen LogP contribution in [-0.4, -0.2) is 47.2 Å². The fourth-order valence-corrected chi connectivity index (χ4v) is 3.45. The number of nitrogens with two attached hydrogens (primary N) is 1. The molecule has 7 nitrogen and oxygen atoms in total. The Morgan fingerprint density at radius 2 is 1.96 bits per heavy atom. The third-order valence-electron chi connectivity index (χ3n) is 5.01. The van der Waals surface area contributed by atoms with Gasteiger partial charge in [0.05, 0.1) is 30.1 Å². The van der Waals surface area contributed by atoms with Gasteiger partial charge in [-0.2, -0.15) is 0 Å². The summed E-state index contributed by atoms with van der Waals surface area (Å²) in [7, 11) is 1.60. The molecule has 154 valence electrons. The zero-order valence-corrected chi connectivity index (χ0v) is 17.2. The van der Waals surface area contributed by atoms with Gasteiger partial charge in [0.1, 0.15) is 5.82 Å². The van der Waals surface area contributed by atoms with Crippen LogP contribution >= 0.6 is 0 Å². The molecule has 2 rings (SSSR count). The van der Waals surface area contributed by atoms with Crippen molar-refractivity contribution in [3.8, 4) is 0 Å². The van der Waals surface area contributed by atoms with E-state index >= 15 is 0 Å². The molecule has 0 aliphatic heterocycles. The molecule has 1 aromatic carbocycles. The van der Waals surface area contributed by atoms with Gasteiger partial charge in [-0.25, -0.2) is 4.98 Å². The fourth-order valence-electron chi connectivity index (χ4n) is 3.45. The largest absolute Gasteiger partial charge is 0.383 e. The molecule has 1 atom stereocenters. The van der Waals surface area contributed by atoms with Crippen molar-refractivity contribution in [2.24, 2.45) is 5.73 Å². The second-order valence-corrected chi connectivity index (χ2v) is 7.03. The SMILES string of the molecule is COCCn1c(C(C)N(CCCCCCN)C(C)=O)nc2ccccc2c1=O. The van der Waals surface area contributed by atoms with Crippen molar-refractivity contribution in [1.29, 1.82) is 0 Å². The summed E-state index contributed by atoms with van der Waals surface area (Å²) < 4.78 is 6.82. The Labute approximate surface area is 166 Å². The zero-order valence-electron chi connectivity index (χ0n) is 17.2. The predicted molar refractivity (Wildman–Crippen MR) is 111 cm³/mol. The molecule has 28 heavy (non-hydrogen) atoms. The molecule has 1 aromatic heterocycles. The molecular formula is C21H32N4O3. The smallest absolute Gasteiger partial charge is 0.261 e. The van der Waals surface area contributed by atoms with Gasteiger partial charge in [-0.3, -0.25) is 14.2 Å². The van der Waals surface area contributed by atoms with Crippen LogP contribution in [0, 0.1) is 0 Å². The summed E-state index contributed by atoms with van der Waals surface area (Å²) in [6.07, 6.45) is 3.98. The number of fused-ring (bicyclic) bond motifs is 1. The maximum atomic E-state index is 13.0. The van der Waals surface area contributed by atoms with Gasteiger partial charge < -0.3 is 15.4 Å². The van der Waals surface area contributed by atoms with Crippen LogP contribution in [0.1, 0.15) is 51.4 Å². The first kappa shape index (κ1) is 22.0. The molecule has 0 saturated carbocycles. The van der Waals surface area contributed by atoms with Crippen LogP contribution in [0.2, 0.25) is 0 Å². The number of benzene rings is 1. The van der Waals surface area contributed by atoms with Gasteiger partial charge in [-0.05, 0) is 38.4 Å². The highest BCUT2D eigenvalue weighted by molar-refractivity contribution is 5.77. The Bertz CT molecular complexity index is 834. The molecule has 7 heteroatoms. The Hall–Kier alpha value is -2.25. The summed E-state index contributed by atoms with van der Waals surface area (Å²) >= 11 is 0. The number of aromatic nitrogens is 2. The van der Waals surface area contributed by atoms with E-state index in [1.165, 1.54) is 0 Å². The van der Waals surface area contributed by atoms with Gasteiger partial charge in [-0.15, -0.1) is 0 Å². The first-order valence-electron chi connectivity index (χ1n) is 9.97. The molecule has 2 N–H and O–H groups in total. The Balaban J connectivity index is 2.35. The van der Waals surface area contributed by atoms with E-state index in [1.54, 1.807) is 29.6 Å². The number of nitrogens with zero attached hydrogens (tertiary/aromatic N) is 3. The topological polar surface area (TPSA) is 90.4 Å². The minimum absolute atomic E-state index is 0.0213. The molecule has 0 aliphatic rings. The van der Waals surface area contributed by atoms with Gasteiger partial charge in [0.2, 0.25) is 5.91 Å². The third kappa shape index (κ3) is 5.39. The molecule has 2 aromatic rings. The molecule has 0 aliphatic carbocycles. The monoisotopic (exact) mass is 388 g/mol. The number of rotatable bonds is 11. The number of amides is 1. The first-order chi connectivity index (χ1) is 13.5. The number of unbranched alkanes of at least 4 members (excludes halogenated alkanes) is 3. The van der Waals surface area contributed by atoms with E-state index in [1.807, 2.05) is 25.1 Å². The first-order valence-corrected chi connectivity index (χ1v) is 9.97. The van der Waals surface area contributed by atoms with Crippen molar-refractivity contribution in [3.63, 3.8) is 0 Å². The molecule has 0 radical (unpaired) electrons. The number of carbonyl (C=O) groups is 1. The molecule has 0 bridgehead atoms. The Kier molecular flexibility index (Phi) is 8.60. The number of hydrogen-bond acceptors (Lipinski definition) is 5. The third-order valence-corrected chi connectivity index (χ3v) is 5.01. The lowest BCUT2D eigenvalue weighted by Crippen LogP contribution is -2.37. The van der Waals surface area contributed by atoms with Crippen LogP contribution in [0.5, 0.6) is 0 Å². The van der Waals surface area contributed by atoms with Gasteiger partial charge in [-0.1, -0.05) is 25.0 Å². The maximum Gasteiger partial charge on any atom is 0.261 e. The van der Waals surface area contributed by atoms with Crippen LogP contribution in [0.25, 0.3) is 10.9 Å². The highest BCUT2D eigenvalue weighted by atomic mass is 16.5. The minimum atomic E-state index is -0.304. The summed E-state index contributed by atoms with van der Waals surface area (Å²) in [5.74, 6) is 0.574. The summed E-state index contributed by atoms with van der Waals surface area (Å²) in [6.45, 7) is 5.62. The van der Waals surface area contributed by atoms with E-state index in [-0.39, 0.29) is 17.5 Å². The lowest BCUT2D eigenvalue weighted by atomic mass is 10.1. The van der Waals surface area contributed by atoms with E-state index in [9.17, 15) is 9.59 Å². The standard InChI is InChI=1S/C21H32N4O3/c1-16(24(17(2)26)13-9-5-4-8-12-22)20-23-19-11-7-6-10-18(19)21(27)25(20)14-15-28-3/h6-7,10-11,16H,4-5,8-9,12-15,22H2,1-3H3. The van der Waals surface area contributed by atoms with Crippen LogP contribution in [0.3, 0.4) is 0 Å². The van der Waals surface area contributed by atoms with Crippen LogP contribution < -0.4 is 11.3 Å². The van der Waals surface area contributed by atoms with Crippen molar-refractivity contribution in [2.45, 2.75) is 52.1 Å². The normalized spacial score (nSPS) is 12.3. The van der Waals surface area contributed by atoms with Crippen molar-refractivity contribution >= 4 is 16.8 Å². The quantitative estimate of drug-likeness (QED) is 0.597. The predicted octanol–water partition coefficient (Wildman–Crippen LogP) is 2.47. The van der Waals surface area contributed by atoms with Crippen molar-refractivity contribution in [3.05, 3.63) is 40.4 Å². The lowest BCUT2D eigenvalue weighted by Gasteiger charge is -2.29. The fraction of sp³-hybridized carbons (Fsp3) is 0.571. The van der Waals surface area contributed by atoms with Crippen LogP contribution in [0.15, 0.2) is 29.1 Å². The highest BCUT2D eigenvalue weighted by Crippen LogP contribution is 2.21. The molecule has 1 heterocycles. The second-order valence-electron chi connectivity index (χ2n) is 7.03. The van der Waals surface area contributed by atoms with Gasteiger partial charge in [0.25, 0.3) is 5.56 Å². The van der Waals surface area contributed by atoms with Gasteiger partial charge in [0.15, 0.2) is 0 Å². The molecule has 0 fully saturated rings. The Morgan fingerprint density at radius 3 is 2.64 bits per heavy atom. The van der Waals surface area contributed by atoms with Gasteiger partial charge in [0, 0.05) is 20.6 Å². The number of carbonyl (C=O) groups excluding carboxylic acids is 1. The summed E-state index contributed by atoms with van der Waals surface area (Å²) in [5, 5.41) is 0.575. The van der Waals surface area contributed by atoms with Gasteiger partial charge >= 0.3 is 0 Å². The van der Waals surface area contributed by atoms with Crippen LogP contribution in [0.4, 0.5) is 0 Å². The zero-order chi connectivity index (χ0) is 20.5. The molecule has 0 saturated heterocycles. The molecule has 1 unspecified atom stereocenters. The Morgan fingerprint density at radius 1 is 1.25 bits per heavy atom. The minimum Gasteiger partial charge on any atom is -0.383 e. The van der Waals surface area contributed by atoms with Crippen molar-refractivity contribution < 1.29 is 9.53 Å².